The van der Waals surface area contributed by atoms with Crippen molar-refractivity contribution in [2.24, 2.45) is 5.73 Å². The monoisotopic (exact) mass is 355 g/mol. The van der Waals surface area contributed by atoms with Crippen molar-refractivity contribution in [3.63, 3.8) is 0 Å². The van der Waals surface area contributed by atoms with Gasteiger partial charge in [0, 0.05) is 23.5 Å². The lowest BCUT2D eigenvalue weighted by atomic mass is 10.0. The van der Waals surface area contributed by atoms with Gasteiger partial charge in [0.15, 0.2) is 0 Å². The number of carbonyl (C=O) groups excluding carboxylic acids is 2. The number of hydrogen-bond acceptors (Lipinski definition) is 5. The Labute approximate surface area is 151 Å². The molecule has 26 heavy (non-hydrogen) atoms. The minimum absolute atomic E-state index is 0.128. The van der Waals surface area contributed by atoms with Crippen molar-refractivity contribution >= 4 is 22.7 Å². The molecule has 2 heterocycles. The Morgan fingerprint density at radius 3 is 2.81 bits per heavy atom. The second-order valence-electron chi connectivity index (χ2n) is 6.74. The van der Waals surface area contributed by atoms with Gasteiger partial charge in [0.25, 0.3) is 5.91 Å². The maximum Gasteiger partial charge on any atom is 0.255 e. The molecule has 1 aromatic carbocycles. The standard InChI is InChI=1S/C19H21N3O4/c1-25-12-4-5-15-13(8-12)14(9-16(21-15)11-2-3-11)19(24)22-6-7-26-10-17(22)18(20)23/h4-5,8-9,11,17H,2-3,6-7,10H2,1H3,(H2,20,23). The third-order valence-electron chi connectivity index (χ3n) is 4.98. The number of nitrogens with two attached hydrogens (primary N) is 1. The summed E-state index contributed by atoms with van der Waals surface area (Å²) in [6.45, 7) is 0.846. The first kappa shape index (κ1) is 16.8. The number of carbonyl (C=O) groups is 2. The van der Waals surface area contributed by atoms with E-state index in [1.165, 1.54) is 4.90 Å². The molecule has 2 aromatic rings. The molecule has 4 rings (SSSR count). The van der Waals surface area contributed by atoms with E-state index in [1.807, 2.05) is 24.3 Å². The number of rotatable bonds is 4. The first-order valence-electron chi connectivity index (χ1n) is 8.75. The highest BCUT2D eigenvalue weighted by atomic mass is 16.5. The van der Waals surface area contributed by atoms with E-state index in [2.05, 4.69) is 0 Å². The smallest absolute Gasteiger partial charge is 0.255 e. The summed E-state index contributed by atoms with van der Waals surface area (Å²) in [6.07, 6.45) is 2.17. The van der Waals surface area contributed by atoms with Crippen LogP contribution in [0, 0.1) is 0 Å². The molecule has 0 bridgehead atoms. The summed E-state index contributed by atoms with van der Waals surface area (Å²) >= 11 is 0. The predicted octanol–water partition coefficient (Wildman–Crippen LogP) is 1.45. The van der Waals surface area contributed by atoms with Crippen molar-refractivity contribution in [2.45, 2.75) is 24.8 Å². The Morgan fingerprint density at radius 2 is 2.12 bits per heavy atom. The first-order valence-corrected chi connectivity index (χ1v) is 8.75. The van der Waals surface area contributed by atoms with E-state index >= 15 is 0 Å². The van der Waals surface area contributed by atoms with Crippen LogP contribution in [-0.2, 0) is 9.53 Å². The van der Waals surface area contributed by atoms with Crippen LogP contribution in [0.2, 0.25) is 0 Å². The lowest BCUT2D eigenvalue weighted by molar-refractivity contribution is -0.127. The molecule has 2 fully saturated rings. The number of hydrogen-bond donors (Lipinski definition) is 1. The van der Waals surface area contributed by atoms with Crippen LogP contribution in [0.25, 0.3) is 10.9 Å². The molecular weight excluding hydrogens is 334 g/mol. The van der Waals surface area contributed by atoms with E-state index in [0.29, 0.717) is 35.8 Å². The normalized spacial score (nSPS) is 20.2. The molecule has 0 radical (unpaired) electrons. The van der Waals surface area contributed by atoms with Crippen molar-refractivity contribution in [1.29, 1.82) is 0 Å². The van der Waals surface area contributed by atoms with Gasteiger partial charge in [-0.1, -0.05) is 0 Å². The van der Waals surface area contributed by atoms with Crippen molar-refractivity contribution in [3.8, 4) is 5.75 Å². The molecule has 1 saturated carbocycles. The van der Waals surface area contributed by atoms with Gasteiger partial charge in [-0.25, -0.2) is 0 Å². The average Bonchev–Trinajstić information content (AvgIpc) is 3.51. The van der Waals surface area contributed by atoms with E-state index in [4.69, 9.17) is 20.2 Å². The summed E-state index contributed by atoms with van der Waals surface area (Å²) in [4.78, 5) is 31.3. The van der Waals surface area contributed by atoms with Crippen LogP contribution in [0.1, 0.15) is 34.8 Å². The molecule has 2 N–H and O–H groups in total. The predicted molar refractivity (Wildman–Crippen MR) is 95.1 cm³/mol. The van der Waals surface area contributed by atoms with Gasteiger partial charge >= 0.3 is 0 Å². The Balaban J connectivity index is 1.82. The van der Waals surface area contributed by atoms with Gasteiger partial charge in [-0.3, -0.25) is 14.6 Å². The van der Waals surface area contributed by atoms with Crippen LogP contribution >= 0.6 is 0 Å². The zero-order valence-electron chi connectivity index (χ0n) is 14.6. The Kier molecular flexibility index (Phi) is 4.24. The van der Waals surface area contributed by atoms with E-state index in [1.54, 1.807) is 7.11 Å². The van der Waals surface area contributed by atoms with Crippen LogP contribution in [0.3, 0.4) is 0 Å². The highest BCUT2D eigenvalue weighted by molar-refractivity contribution is 6.07. The van der Waals surface area contributed by atoms with Crippen LogP contribution in [0.15, 0.2) is 24.3 Å². The van der Waals surface area contributed by atoms with Gasteiger partial charge in [-0.05, 0) is 37.1 Å². The summed E-state index contributed by atoms with van der Waals surface area (Å²) < 4.78 is 10.6. The number of primary amides is 1. The number of morpholine rings is 1. The van der Waals surface area contributed by atoms with Crippen molar-refractivity contribution < 1.29 is 19.1 Å². The molecule has 2 aliphatic rings. The molecule has 1 aromatic heterocycles. The van der Waals surface area contributed by atoms with Crippen molar-refractivity contribution in [1.82, 2.24) is 9.88 Å². The molecule has 1 aliphatic heterocycles. The van der Waals surface area contributed by atoms with E-state index < -0.39 is 11.9 Å². The van der Waals surface area contributed by atoms with Crippen molar-refractivity contribution in [3.05, 3.63) is 35.5 Å². The van der Waals surface area contributed by atoms with Gasteiger partial charge in [-0.2, -0.15) is 0 Å². The summed E-state index contributed by atoms with van der Waals surface area (Å²) in [7, 11) is 1.58. The SMILES string of the molecule is COc1ccc2nc(C3CC3)cc(C(=O)N3CCOCC3C(N)=O)c2c1. The molecule has 7 heteroatoms. The van der Waals surface area contributed by atoms with Gasteiger partial charge in [0.05, 0.1) is 31.4 Å². The van der Waals surface area contributed by atoms with E-state index in [0.717, 1.165) is 24.1 Å². The number of pyridine rings is 1. The zero-order valence-corrected chi connectivity index (χ0v) is 14.6. The zero-order chi connectivity index (χ0) is 18.3. The summed E-state index contributed by atoms with van der Waals surface area (Å²) in [5.74, 6) is 0.279. The molecule has 1 unspecified atom stereocenters. The number of amides is 2. The van der Waals surface area contributed by atoms with Gasteiger partial charge in [0.1, 0.15) is 11.8 Å². The third-order valence-corrected chi connectivity index (χ3v) is 4.98. The maximum atomic E-state index is 13.3. The van der Waals surface area contributed by atoms with E-state index in [9.17, 15) is 9.59 Å². The molecule has 0 spiro atoms. The molecule has 7 nitrogen and oxygen atoms in total. The number of fused-ring (bicyclic) bond motifs is 1. The van der Waals surface area contributed by atoms with Crippen LogP contribution in [0.4, 0.5) is 0 Å². The number of ether oxygens (including phenoxy) is 2. The largest absolute Gasteiger partial charge is 0.497 e. The fourth-order valence-electron chi connectivity index (χ4n) is 3.35. The fraction of sp³-hybridized carbons (Fsp3) is 0.421. The fourth-order valence-corrected chi connectivity index (χ4v) is 3.35. The molecule has 1 aliphatic carbocycles. The number of methoxy groups -OCH3 is 1. The maximum absolute atomic E-state index is 13.3. The molecule has 2 amide bonds. The van der Waals surface area contributed by atoms with Crippen LogP contribution < -0.4 is 10.5 Å². The summed E-state index contributed by atoms with van der Waals surface area (Å²) in [5, 5.41) is 0.716. The Bertz CT molecular complexity index is 878. The third kappa shape index (κ3) is 2.99. The van der Waals surface area contributed by atoms with Gasteiger partial charge in [0.2, 0.25) is 5.91 Å². The Hall–Kier alpha value is -2.67. The van der Waals surface area contributed by atoms with Crippen molar-refractivity contribution in [2.75, 3.05) is 26.9 Å². The van der Waals surface area contributed by atoms with E-state index in [-0.39, 0.29) is 12.5 Å². The van der Waals surface area contributed by atoms with Crippen LogP contribution in [0.5, 0.6) is 5.75 Å². The minimum Gasteiger partial charge on any atom is -0.497 e. The first-order chi connectivity index (χ1) is 12.6. The second kappa shape index (κ2) is 6.57. The summed E-state index contributed by atoms with van der Waals surface area (Å²) in [5.41, 5.74) is 7.68. The van der Waals surface area contributed by atoms with Gasteiger partial charge < -0.3 is 20.1 Å². The Morgan fingerprint density at radius 1 is 1.31 bits per heavy atom. The molecule has 1 atom stereocenters. The number of benzene rings is 1. The lowest BCUT2D eigenvalue weighted by Crippen LogP contribution is -2.54. The quantitative estimate of drug-likeness (QED) is 0.896. The summed E-state index contributed by atoms with van der Waals surface area (Å²) in [6, 6.07) is 6.61. The molecule has 136 valence electrons. The molecular formula is C19H21N3O4. The highest BCUT2D eigenvalue weighted by Crippen LogP contribution is 2.40. The number of nitrogens with zero attached hydrogens (tertiary/aromatic N) is 2. The highest BCUT2D eigenvalue weighted by Gasteiger charge is 2.34. The lowest BCUT2D eigenvalue weighted by Gasteiger charge is -2.33. The second-order valence-corrected chi connectivity index (χ2v) is 6.74. The van der Waals surface area contributed by atoms with Crippen LogP contribution in [-0.4, -0.2) is 54.6 Å². The average molecular weight is 355 g/mol. The topological polar surface area (TPSA) is 94.8 Å². The molecule has 1 saturated heterocycles. The minimum atomic E-state index is -0.755. The number of aromatic nitrogens is 1. The van der Waals surface area contributed by atoms with Gasteiger partial charge in [-0.15, -0.1) is 0 Å².